The normalized spacial score (nSPS) is 10.2. The lowest BCUT2D eigenvalue weighted by atomic mass is 10.2. The standard InChI is InChI=1S/C17H20N2OS/c1-3-17(20)19-15-6-4-5-14(11-15)18-12-13-7-9-16(21-2)10-8-13/h4-11,18H,3,12H2,1-2H3,(H,19,20). The summed E-state index contributed by atoms with van der Waals surface area (Å²) < 4.78 is 0. The van der Waals surface area contributed by atoms with Crippen LogP contribution in [0, 0.1) is 0 Å². The summed E-state index contributed by atoms with van der Waals surface area (Å²) >= 11 is 1.74. The van der Waals surface area contributed by atoms with Crippen molar-refractivity contribution < 1.29 is 4.79 Å². The minimum absolute atomic E-state index is 0.0276. The van der Waals surface area contributed by atoms with Crippen molar-refractivity contribution >= 4 is 29.0 Å². The molecule has 0 bridgehead atoms. The van der Waals surface area contributed by atoms with Gasteiger partial charge in [0.2, 0.25) is 5.91 Å². The molecule has 2 rings (SSSR count). The van der Waals surface area contributed by atoms with Crippen LogP contribution in [-0.2, 0) is 11.3 Å². The Labute approximate surface area is 130 Å². The van der Waals surface area contributed by atoms with Gasteiger partial charge in [0, 0.05) is 29.2 Å². The van der Waals surface area contributed by atoms with Crippen LogP contribution in [0.3, 0.4) is 0 Å². The van der Waals surface area contributed by atoms with E-state index in [2.05, 4.69) is 41.2 Å². The van der Waals surface area contributed by atoms with E-state index in [1.54, 1.807) is 11.8 Å². The Morgan fingerprint density at radius 1 is 1.10 bits per heavy atom. The van der Waals surface area contributed by atoms with Gasteiger partial charge in [-0.2, -0.15) is 0 Å². The molecule has 3 nitrogen and oxygen atoms in total. The number of rotatable bonds is 6. The molecular weight excluding hydrogens is 280 g/mol. The molecule has 0 atom stereocenters. The molecule has 2 aromatic rings. The molecule has 0 radical (unpaired) electrons. The van der Waals surface area contributed by atoms with Crippen LogP contribution in [0.4, 0.5) is 11.4 Å². The number of benzene rings is 2. The van der Waals surface area contributed by atoms with Gasteiger partial charge in [-0.15, -0.1) is 11.8 Å². The van der Waals surface area contributed by atoms with Gasteiger partial charge in [0.25, 0.3) is 0 Å². The highest BCUT2D eigenvalue weighted by atomic mass is 32.2. The number of anilines is 2. The lowest BCUT2D eigenvalue weighted by molar-refractivity contribution is -0.115. The van der Waals surface area contributed by atoms with Crippen molar-refractivity contribution in [1.82, 2.24) is 0 Å². The van der Waals surface area contributed by atoms with E-state index in [1.807, 2.05) is 31.2 Å². The summed E-state index contributed by atoms with van der Waals surface area (Å²) in [4.78, 5) is 12.7. The van der Waals surface area contributed by atoms with Gasteiger partial charge in [-0.1, -0.05) is 25.1 Å². The van der Waals surface area contributed by atoms with E-state index in [1.165, 1.54) is 10.5 Å². The number of carbonyl (C=O) groups is 1. The SMILES string of the molecule is CCC(=O)Nc1cccc(NCc2ccc(SC)cc2)c1. The molecule has 0 aliphatic heterocycles. The van der Waals surface area contributed by atoms with Crippen LogP contribution in [0.5, 0.6) is 0 Å². The first-order chi connectivity index (χ1) is 10.2. The highest BCUT2D eigenvalue weighted by Gasteiger charge is 2.00. The first kappa shape index (κ1) is 15.4. The Morgan fingerprint density at radius 2 is 1.81 bits per heavy atom. The van der Waals surface area contributed by atoms with E-state index in [0.29, 0.717) is 6.42 Å². The number of nitrogens with one attached hydrogen (secondary N) is 2. The zero-order valence-electron chi connectivity index (χ0n) is 12.3. The smallest absolute Gasteiger partial charge is 0.224 e. The highest BCUT2D eigenvalue weighted by molar-refractivity contribution is 7.98. The van der Waals surface area contributed by atoms with Crippen molar-refractivity contribution in [1.29, 1.82) is 0 Å². The average Bonchev–Trinajstić information content (AvgIpc) is 2.53. The maximum Gasteiger partial charge on any atom is 0.224 e. The Balaban J connectivity index is 1.96. The third-order valence-electron chi connectivity index (χ3n) is 3.12. The van der Waals surface area contributed by atoms with Crippen molar-refractivity contribution in [2.24, 2.45) is 0 Å². The molecular formula is C17H20N2OS. The fraction of sp³-hybridized carbons (Fsp3) is 0.235. The zero-order valence-corrected chi connectivity index (χ0v) is 13.2. The third-order valence-corrected chi connectivity index (χ3v) is 3.87. The van der Waals surface area contributed by atoms with Gasteiger partial charge in [-0.25, -0.2) is 0 Å². The summed E-state index contributed by atoms with van der Waals surface area (Å²) in [6.07, 6.45) is 2.56. The van der Waals surface area contributed by atoms with E-state index in [4.69, 9.17) is 0 Å². The quantitative estimate of drug-likeness (QED) is 0.778. The van der Waals surface area contributed by atoms with E-state index in [9.17, 15) is 4.79 Å². The summed E-state index contributed by atoms with van der Waals surface area (Å²) in [6.45, 7) is 2.61. The molecule has 1 amide bonds. The Bertz CT molecular complexity index is 596. The molecule has 0 heterocycles. The van der Waals surface area contributed by atoms with Crippen molar-refractivity contribution in [3.63, 3.8) is 0 Å². The maximum atomic E-state index is 11.4. The van der Waals surface area contributed by atoms with Crippen LogP contribution in [0.25, 0.3) is 0 Å². The first-order valence-corrected chi connectivity index (χ1v) is 8.20. The zero-order chi connectivity index (χ0) is 15.1. The van der Waals surface area contributed by atoms with Gasteiger partial charge in [-0.05, 0) is 42.2 Å². The molecule has 0 saturated heterocycles. The molecule has 2 N–H and O–H groups in total. The lowest BCUT2D eigenvalue weighted by Crippen LogP contribution is -2.09. The molecule has 0 saturated carbocycles. The molecule has 0 aliphatic carbocycles. The van der Waals surface area contributed by atoms with Crippen molar-refractivity contribution in [2.75, 3.05) is 16.9 Å². The molecule has 0 spiro atoms. The molecule has 2 aromatic carbocycles. The van der Waals surface area contributed by atoms with Gasteiger partial charge in [0.05, 0.1) is 0 Å². The summed E-state index contributed by atoms with van der Waals surface area (Å²) in [6, 6.07) is 16.3. The number of amides is 1. The Morgan fingerprint density at radius 3 is 2.48 bits per heavy atom. The predicted molar refractivity (Wildman–Crippen MR) is 90.9 cm³/mol. The minimum Gasteiger partial charge on any atom is -0.381 e. The number of hydrogen-bond acceptors (Lipinski definition) is 3. The topological polar surface area (TPSA) is 41.1 Å². The van der Waals surface area contributed by atoms with E-state index < -0.39 is 0 Å². The fourth-order valence-electron chi connectivity index (χ4n) is 1.90. The average molecular weight is 300 g/mol. The Kier molecular flexibility index (Phi) is 5.69. The van der Waals surface area contributed by atoms with Crippen LogP contribution in [0.1, 0.15) is 18.9 Å². The number of hydrogen-bond donors (Lipinski definition) is 2. The van der Waals surface area contributed by atoms with E-state index in [0.717, 1.165) is 17.9 Å². The maximum absolute atomic E-state index is 11.4. The molecule has 21 heavy (non-hydrogen) atoms. The van der Waals surface area contributed by atoms with Crippen molar-refractivity contribution in [3.05, 3.63) is 54.1 Å². The van der Waals surface area contributed by atoms with Crippen LogP contribution < -0.4 is 10.6 Å². The molecule has 0 unspecified atom stereocenters. The fourth-order valence-corrected chi connectivity index (χ4v) is 2.31. The first-order valence-electron chi connectivity index (χ1n) is 6.98. The van der Waals surface area contributed by atoms with Crippen molar-refractivity contribution in [2.45, 2.75) is 24.8 Å². The molecule has 4 heteroatoms. The van der Waals surface area contributed by atoms with Crippen LogP contribution in [0.15, 0.2) is 53.4 Å². The largest absolute Gasteiger partial charge is 0.381 e. The van der Waals surface area contributed by atoms with Crippen LogP contribution in [0.2, 0.25) is 0 Å². The number of carbonyl (C=O) groups excluding carboxylic acids is 1. The summed E-state index contributed by atoms with van der Waals surface area (Å²) in [5, 5.41) is 6.24. The van der Waals surface area contributed by atoms with Gasteiger partial charge < -0.3 is 10.6 Å². The van der Waals surface area contributed by atoms with Gasteiger partial charge in [0.1, 0.15) is 0 Å². The monoisotopic (exact) mass is 300 g/mol. The lowest BCUT2D eigenvalue weighted by Gasteiger charge is -2.09. The van der Waals surface area contributed by atoms with Gasteiger partial charge >= 0.3 is 0 Å². The van der Waals surface area contributed by atoms with Crippen molar-refractivity contribution in [3.8, 4) is 0 Å². The minimum atomic E-state index is 0.0276. The molecule has 110 valence electrons. The van der Waals surface area contributed by atoms with Crippen LogP contribution in [-0.4, -0.2) is 12.2 Å². The second kappa shape index (κ2) is 7.74. The summed E-state index contributed by atoms with van der Waals surface area (Å²) in [7, 11) is 0. The molecule has 0 aliphatic rings. The number of thioether (sulfide) groups is 1. The molecule has 0 fully saturated rings. The van der Waals surface area contributed by atoms with Gasteiger partial charge in [0.15, 0.2) is 0 Å². The van der Waals surface area contributed by atoms with E-state index in [-0.39, 0.29) is 5.91 Å². The van der Waals surface area contributed by atoms with Gasteiger partial charge in [-0.3, -0.25) is 4.79 Å². The van der Waals surface area contributed by atoms with Crippen LogP contribution >= 0.6 is 11.8 Å². The second-order valence-electron chi connectivity index (χ2n) is 4.68. The van der Waals surface area contributed by atoms with E-state index >= 15 is 0 Å². The Hall–Kier alpha value is -1.94. The summed E-state index contributed by atoms with van der Waals surface area (Å²) in [5.74, 6) is 0.0276. The summed E-state index contributed by atoms with van der Waals surface area (Å²) in [5.41, 5.74) is 3.05. The molecule has 0 aromatic heterocycles. The second-order valence-corrected chi connectivity index (χ2v) is 5.56. The highest BCUT2D eigenvalue weighted by Crippen LogP contribution is 2.18. The third kappa shape index (κ3) is 4.83. The predicted octanol–water partition coefficient (Wildman–Crippen LogP) is 4.37.